The molecule has 0 aromatic heterocycles. The zero-order valence-corrected chi connectivity index (χ0v) is 15.2. The minimum Gasteiger partial charge on any atom is -0.462 e. The molecule has 0 saturated carbocycles. The van der Waals surface area contributed by atoms with Crippen LogP contribution in [0.1, 0.15) is 40.5 Å². The maximum Gasteiger partial charge on any atom is 0.338 e. The third kappa shape index (κ3) is 5.27. The minimum absolute atomic E-state index is 0.156. The van der Waals surface area contributed by atoms with E-state index in [2.05, 4.69) is 10.6 Å². The quantitative estimate of drug-likeness (QED) is 0.316. The Morgan fingerprint density at radius 1 is 1.11 bits per heavy atom. The Bertz CT molecular complexity index is 834. The molecular weight excluding hydrogens is 350 g/mol. The predicted octanol–water partition coefficient (Wildman–Crippen LogP) is 3.85. The van der Waals surface area contributed by atoms with Crippen LogP contribution in [0.2, 0.25) is 0 Å². The van der Waals surface area contributed by atoms with E-state index < -0.39 is 16.8 Å². The number of anilines is 2. The van der Waals surface area contributed by atoms with Crippen molar-refractivity contribution in [3.8, 4) is 0 Å². The number of nitrogens with zero attached hydrogens (tertiary/aromatic N) is 1. The molecule has 8 heteroatoms. The second kappa shape index (κ2) is 9.33. The number of hydrogen-bond donors (Lipinski definition) is 2. The van der Waals surface area contributed by atoms with Crippen LogP contribution in [-0.4, -0.2) is 30.5 Å². The van der Waals surface area contributed by atoms with Gasteiger partial charge in [-0.1, -0.05) is 13.3 Å². The van der Waals surface area contributed by atoms with E-state index in [0.29, 0.717) is 23.5 Å². The number of nitro benzene ring substituents is 1. The average Bonchev–Trinajstić information content (AvgIpc) is 2.68. The highest BCUT2D eigenvalue weighted by Gasteiger charge is 2.17. The van der Waals surface area contributed by atoms with Crippen molar-refractivity contribution in [2.75, 3.05) is 24.3 Å². The van der Waals surface area contributed by atoms with Crippen molar-refractivity contribution in [3.63, 3.8) is 0 Å². The monoisotopic (exact) mass is 371 g/mol. The fraction of sp³-hybridized carbons (Fsp3) is 0.263. The number of rotatable bonds is 8. The highest BCUT2D eigenvalue weighted by atomic mass is 16.6. The van der Waals surface area contributed by atoms with E-state index in [1.54, 1.807) is 31.3 Å². The molecule has 27 heavy (non-hydrogen) atoms. The van der Waals surface area contributed by atoms with Gasteiger partial charge >= 0.3 is 5.97 Å². The number of hydrogen-bond acceptors (Lipinski definition) is 6. The number of carbonyl (C=O) groups excluding carboxylic acids is 2. The molecule has 0 fully saturated rings. The van der Waals surface area contributed by atoms with Crippen LogP contribution in [-0.2, 0) is 4.74 Å². The van der Waals surface area contributed by atoms with Gasteiger partial charge in [0.2, 0.25) is 0 Å². The van der Waals surface area contributed by atoms with Gasteiger partial charge in [0.25, 0.3) is 11.6 Å². The van der Waals surface area contributed by atoms with Crippen LogP contribution < -0.4 is 10.6 Å². The summed E-state index contributed by atoms with van der Waals surface area (Å²) in [5.74, 6) is -0.904. The van der Waals surface area contributed by atoms with Gasteiger partial charge in [-0.3, -0.25) is 14.9 Å². The predicted molar refractivity (Wildman–Crippen MR) is 102 cm³/mol. The summed E-state index contributed by atoms with van der Waals surface area (Å²) >= 11 is 0. The number of nitrogens with one attached hydrogen (secondary N) is 2. The minimum atomic E-state index is -0.554. The van der Waals surface area contributed by atoms with E-state index in [0.717, 1.165) is 12.8 Å². The number of carbonyl (C=O) groups is 2. The SMILES string of the molecule is CCCCOC(=O)c1ccc(NC(=O)c2ccc(NC)c([N+](=O)[O-])c2)cc1. The second-order valence-corrected chi connectivity index (χ2v) is 5.76. The molecule has 2 aromatic rings. The fourth-order valence-electron chi connectivity index (χ4n) is 2.32. The van der Waals surface area contributed by atoms with Gasteiger partial charge in [-0.15, -0.1) is 0 Å². The smallest absolute Gasteiger partial charge is 0.338 e. The maximum atomic E-state index is 12.3. The molecule has 0 bridgehead atoms. The molecule has 2 aromatic carbocycles. The fourth-order valence-corrected chi connectivity index (χ4v) is 2.32. The van der Waals surface area contributed by atoms with Crippen molar-refractivity contribution in [2.45, 2.75) is 19.8 Å². The van der Waals surface area contributed by atoms with Crippen molar-refractivity contribution in [1.29, 1.82) is 0 Å². The lowest BCUT2D eigenvalue weighted by molar-refractivity contribution is -0.384. The first-order chi connectivity index (χ1) is 13.0. The summed E-state index contributed by atoms with van der Waals surface area (Å²) in [7, 11) is 1.57. The summed E-state index contributed by atoms with van der Waals surface area (Å²) in [5, 5.41) is 16.5. The summed E-state index contributed by atoms with van der Waals surface area (Å²) in [6, 6.07) is 10.4. The van der Waals surface area contributed by atoms with E-state index in [1.807, 2.05) is 6.92 Å². The zero-order valence-electron chi connectivity index (χ0n) is 15.2. The van der Waals surface area contributed by atoms with E-state index in [4.69, 9.17) is 4.74 Å². The first-order valence-corrected chi connectivity index (χ1v) is 8.51. The van der Waals surface area contributed by atoms with Crippen LogP contribution >= 0.6 is 0 Å². The number of unbranched alkanes of at least 4 members (excludes halogenated alkanes) is 1. The van der Waals surface area contributed by atoms with E-state index in [1.165, 1.54) is 18.2 Å². The Hall–Kier alpha value is -3.42. The lowest BCUT2D eigenvalue weighted by atomic mass is 10.1. The van der Waals surface area contributed by atoms with Crippen LogP contribution in [0.3, 0.4) is 0 Å². The number of amides is 1. The molecule has 142 valence electrons. The van der Waals surface area contributed by atoms with Crippen LogP contribution in [0.4, 0.5) is 17.1 Å². The lowest BCUT2D eigenvalue weighted by Crippen LogP contribution is -2.13. The van der Waals surface area contributed by atoms with Crippen LogP contribution in [0.15, 0.2) is 42.5 Å². The third-order valence-electron chi connectivity index (χ3n) is 3.84. The first kappa shape index (κ1) is 19.9. The first-order valence-electron chi connectivity index (χ1n) is 8.51. The third-order valence-corrected chi connectivity index (χ3v) is 3.84. The number of esters is 1. The van der Waals surface area contributed by atoms with Crippen molar-refractivity contribution in [3.05, 3.63) is 63.7 Å². The van der Waals surface area contributed by atoms with E-state index in [9.17, 15) is 19.7 Å². The Kier molecular flexibility index (Phi) is 6.87. The van der Waals surface area contributed by atoms with Crippen molar-refractivity contribution in [1.82, 2.24) is 0 Å². The van der Waals surface area contributed by atoms with Crippen molar-refractivity contribution >= 4 is 28.9 Å². The van der Waals surface area contributed by atoms with Gasteiger partial charge < -0.3 is 15.4 Å². The van der Waals surface area contributed by atoms with Gasteiger partial charge in [0.15, 0.2) is 0 Å². The molecule has 0 aliphatic carbocycles. The highest BCUT2D eigenvalue weighted by Crippen LogP contribution is 2.25. The Morgan fingerprint density at radius 2 is 1.78 bits per heavy atom. The molecule has 0 aliphatic heterocycles. The van der Waals surface area contributed by atoms with E-state index >= 15 is 0 Å². The largest absolute Gasteiger partial charge is 0.462 e. The summed E-state index contributed by atoms with van der Waals surface area (Å²) in [5.41, 5.74) is 1.14. The molecular formula is C19H21N3O5. The van der Waals surface area contributed by atoms with Gasteiger partial charge in [-0.05, 0) is 42.8 Å². The Labute approximate surface area is 156 Å². The molecule has 2 rings (SSSR count). The maximum absolute atomic E-state index is 12.3. The van der Waals surface area contributed by atoms with Gasteiger partial charge in [-0.25, -0.2) is 4.79 Å². The van der Waals surface area contributed by atoms with Crippen molar-refractivity contribution in [2.24, 2.45) is 0 Å². The zero-order chi connectivity index (χ0) is 19.8. The molecule has 0 aliphatic rings. The molecule has 0 atom stereocenters. The number of ether oxygens (including phenoxy) is 1. The normalized spacial score (nSPS) is 10.1. The molecule has 0 radical (unpaired) electrons. The molecule has 8 nitrogen and oxygen atoms in total. The number of nitro groups is 1. The lowest BCUT2D eigenvalue weighted by Gasteiger charge is -2.08. The Morgan fingerprint density at radius 3 is 2.37 bits per heavy atom. The summed E-state index contributed by atoms with van der Waals surface area (Å²) in [6.45, 7) is 2.38. The molecule has 1 amide bonds. The highest BCUT2D eigenvalue weighted by molar-refractivity contribution is 6.05. The van der Waals surface area contributed by atoms with Gasteiger partial charge in [-0.2, -0.15) is 0 Å². The van der Waals surface area contributed by atoms with Gasteiger partial charge in [0.1, 0.15) is 5.69 Å². The number of benzene rings is 2. The van der Waals surface area contributed by atoms with Crippen LogP contribution in [0.5, 0.6) is 0 Å². The molecule has 0 heterocycles. The van der Waals surface area contributed by atoms with E-state index in [-0.39, 0.29) is 11.3 Å². The topological polar surface area (TPSA) is 111 Å². The second-order valence-electron chi connectivity index (χ2n) is 5.76. The summed E-state index contributed by atoms with van der Waals surface area (Å²) in [4.78, 5) is 34.7. The van der Waals surface area contributed by atoms with Crippen LogP contribution in [0, 0.1) is 10.1 Å². The van der Waals surface area contributed by atoms with Gasteiger partial charge in [0, 0.05) is 24.4 Å². The standard InChI is InChI=1S/C19H21N3O5/c1-3-4-11-27-19(24)13-5-8-15(9-6-13)21-18(23)14-7-10-16(20-2)17(12-14)22(25)26/h5-10,12,20H,3-4,11H2,1-2H3,(H,21,23). The van der Waals surface area contributed by atoms with Crippen LogP contribution in [0.25, 0.3) is 0 Å². The molecule has 2 N–H and O–H groups in total. The van der Waals surface area contributed by atoms with Crippen molar-refractivity contribution < 1.29 is 19.2 Å². The summed E-state index contributed by atoms with van der Waals surface area (Å²) in [6.07, 6.45) is 1.74. The Balaban J connectivity index is 2.06. The van der Waals surface area contributed by atoms with Gasteiger partial charge in [0.05, 0.1) is 17.1 Å². The molecule has 0 spiro atoms. The summed E-state index contributed by atoms with van der Waals surface area (Å²) < 4.78 is 5.12. The average molecular weight is 371 g/mol. The molecule has 0 saturated heterocycles. The molecule has 0 unspecified atom stereocenters.